The highest BCUT2D eigenvalue weighted by Gasteiger charge is 2.07. The van der Waals surface area contributed by atoms with Crippen LogP contribution in [-0.2, 0) is 0 Å². The summed E-state index contributed by atoms with van der Waals surface area (Å²) >= 11 is 0. The van der Waals surface area contributed by atoms with E-state index in [0.717, 1.165) is 0 Å². The van der Waals surface area contributed by atoms with Crippen LogP contribution >= 0.6 is 0 Å². The topological polar surface area (TPSA) is 12.0 Å². The van der Waals surface area contributed by atoms with E-state index < -0.39 is 0 Å². The van der Waals surface area contributed by atoms with Crippen LogP contribution in [0.3, 0.4) is 0 Å². The molecular formula is C17H27N. The minimum absolute atomic E-state index is 0.513. The molecule has 1 aromatic rings. The second-order valence-corrected chi connectivity index (χ2v) is 4.89. The number of hydrogen-bond donors (Lipinski definition) is 1. The Labute approximate surface area is 112 Å². The molecule has 1 atom stereocenters. The Kier molecular flexibility index (Phi) is 8.24. The van der Waals surface area contributed by atoms with Gasteiger partial charge in [-0.05, 0) is 31.9 Å². The van der Waals surface area contributed by atoms with Gasteiger partial charge in [0.2, 0.25) is 0 Å². The number of allylic oxidation sites excluding steroid dienone is 1. The lowest BCUT2D eigenvalue weighted by Crippen LogP contribution is -2.16. The summed E-state index contributed by atoms with van der Waals surface area (Å²) in [5.41, 5.74) is 1.41. The van der Waals surface area contributed by atoms with Crippen molar-refractivity contribution in [3.63, 3.8) is 0 Å². The second kappa shape index (κ2) is 9.90. The first-order chi connectivity index (χ1) is 8.88. The van der Waals surface area contributed by atoms with Crippen LogP contribution in [0.5, 0.6) is 0 Å². The van der Waals surface area contributed by atoms with Gasteiger partial charge in [0, 0.05) is 6.04 Å². The Morgan fingerprint density at radius 2 is 1.72 bits per heavy atom. The molecule has 1 heteroatoms. The number of nitrogens with one attached hydrogen (secondary N) is 1. The number of rotatable bonds is 10. The predicted molar refractivity (Wildman–Crippen MR) is 80.8 cm³/mol. The third-order valence-corrected chi connectivity index (χ3v) is 3.45. The van der Waals surface area contributed by atoms with Crippen molar-refractivity contribution in [2.75, 3.05) is 7.05 Å². The first-order valence-electron chi connectivity index (χ1n) is 7.21. The van der Waals surface area contributed by atoms with E-state index in [-0.39, 0.29) is 0 Å². The van der Waals surface area contributed by atoms with Gasteiger partial charge in [-0.2, -0.15) is 0 Å². The second-order valence-electron chi connectivity index (χ2n) is 4.89. The van der Waals surface area contributed by atoms with Crippen molar-refractivity contribution in [1.29, 1.82) is 0 Å². The van der Waals surface area contributed by atoms with Crippen molar-refractivity contribution in [2.24, 2.45) is 0 Å². The molecule has 0 aliphatic carbocycles. The molecule has 1 rings (SSSR count). The van der Waals surface area contributed by atoms with Crippen molar-refractivity contribution in [3.05, 3.63) is 48.6 Å². The van der Waals surface area contributed by atoms with Gasteiger partial charge in [0.05, 0.1) is 0 Å². The molecule has 100 valence electrons. The van der Waals surface area contributed by atoms with Gasteiger partial charge in [-0.25, -0.2) is 0 Å². The summed E-state index contributed by atoms with van der Waals surface area (Å²) < 4.78 is 0. The van der Waals surface area contributed by atoms with E-state index in [1.807, 2.05) is 6.08 Å². The molecule has 1 aromatic carbocycles. The van der Waals surface area contributed by atoms with Gasteiger partial charge < -0.3 is 5.32 Å². The summed E-state index contributed by atoms with van der Waals surface area (Å²) in [6.07, 6.45) is 11.1. The van der Waals surface area contributed by atoms with E-state index in [4.69, 9.17) is 0 Å². The summed E-state index contributed by atoms with van der Waals surface area (Å²) in [4.78, 5) is 0. The fourth-order valence-electron chi connectivity index (χ4n) is 2.33. The van der Waals surface area contributed by atoms with Gasteiger partial charge in [0.25, 0.3) is 0 Å². The Balaban J connectivity index is 2.15. The molecule has 0 spiro atoms. The third kappa shape index (κ3) is 6.02. The summed E-state index contributed by atoms with van der Waals surface area (Å²) in [6, 6.07) is 11.3. The average Bonchev–Trinajstić information content (AvgIpc) is 2.43. The molecule has 1 unspecified atom stereocenters. The third-order valence-electron chi connectivity index (χ3n) is 3.45. The van der Waals surface area contributed by atoms with Gasteiger partial charge in [-0.3, -0.25) is 0 Å². The minimum atomic E-state index is 0.513. The van der Waals surface area contributed by atoms with Crippen LogP contribution in [0.15, 0.2) is 43.0 Å². The molecule has 1 nitrogen and oxygen atoms in total. The van der Waals surface area contributed by atoms with Crippen molar-refractivity contribution >= 4 is 0 Å². The van der Waals surface area contributed by atoms with Crippen molar-refractivity contribution in [3.8, 4) is 0 Å². The fraction of sp³-hybridized carbons (Fsp3) is 0.529. The number of hydrogen-bond acceptors (Lipinski definition) is 1. The molecule has 0 heterocycles. The number of unbranched alkanes of at least 4 members (excludes halogenated alkanes) is 5. The van der Waals surface area contributed by atoms with E-state index in [0.29, 0.717) is 6.04 Å². The normalized spacial score (nSPS) is 12.3. The van der Waals surface area contributed by atoms with Crippen LogP contribution in [0, 0.1) is 0 Å². The summed E-state index contributed by atoms with van der Waals surface area (Å²) in [7, 11) is 2.06. The lowest BCUT2D eigenvalue weighted by Gasteiger charge is -2.16. The van der Waals surface area contributed by atoms with Crippen LogP contribution < -0.4 is 5.32 Å². The molecule has 0 aromatic heterocycles. The molecular weight excluding hydrogens is 218 g/mol. The molecule has 0 aliphatic heterocycles. The highest BCUT2D eigenvalue weighted by Crippen LogP contribution is 2.19. The maximum atomic E-state index is 3.75. The molecule has 0 amide bonds. The van der Waals surface area contributed by atoms with Gasteiger partial charge in [0.1, 0.15) is 0 Å². The van der Waals surface area contributed by atoms with Crippen LogP contribution in [0.25, 0.3) is 0 Å². The Morgan fingerprint density at radius 3 is 2.39 bits per heavy atom. The lowest BCUT2D eigenvalue weighted by molar-refractivity contribution is 0.499. The van der Waals surface area contributed by atoms with Crippen molar-refractivity contribution in [2.45, 2.75) is 51.0 Å². The summed E-state index contributed by atoms with van der Waals surface area (Å²) in [5, 5.41) is 3.42. The molecule has 18 heavy (non-hydrogen) atoms. The Hall–Kier alpha value is -1.08. The smallest absolute Gasteiger partial charge is 0.0317 e. The zero-order valence-electron chi connectivity index (χ0n) is 11.7. The van der Waals surface area contributed by atoms with E-state index in [2.05, 4.69) is 49.3 Å². The molecule has 0 saturated carbocycles. The first-order valence-corrected chi connectivity index (χ1v) is 7.21. The van der Waals surface area contributed by atoms with Crippen molar-refractivity contribution in [1.82, 2.24) is 5.32 Å². The Morgan fingerprint density at radius 1 is 1.06 bits per heavy atom. The van der Waals surface area contributed by atoms with Crippen LogP contribution in [-0.4, -0.2) is 7.05 Å². The van der Waals surface area contributed by atoms with Gasteiger partial charge in [0.15, 0.2) is 0 Å². The SMILES string of the molecule is C=CCCCCCCCC(NC)c1ccccc1. The molecule has 0 fully saturated rings. The molecule has 1 N–H and O–H groups in total. The number of benzene rings is 1. The Bertz CT molecular complexity index is 305. The predicted octanol–water partition coefficient (Wildman–Crippen LogP) is 4.86. The monoisotopic (exact) mass is 245 g/mol. The van der Waals surface area contributed by atoms with Gasteiger partial charge in [-0.15, -0.1) is 6.58 Å². The fourth-order valence-corrected chi connectivity index (χ4v) is 2.33. The molecule has 0 radical (unpaired) electrons. The van der Waals surface area contributed by atoms with E-state index >= 15 is 0 Å². The zero-order chi connectivity index (χ0) is 13.1. The first kappa shape index (κ1) is 15.0. The summed E-state index contributed by atoms with van der Waals surface area (Å²) in [6.45, 7) is 3.75. The van der Waals surface area contributed by atoms with E-state index in [1.54, 1.807) is 0 Å². The molecule has 0 aliphatic rings. The highest BCUT2D eigenvalue weighted by molar-refractivity contribution is 5.18. The van der Waals surface area contributed by atoms with Crippen LogP contribution in [0.4, 0.5) is 0 Å². The minimum Gasteiger partial charge on any atom is -0.313 e. The average molecular weight is 245 g/mol. The lowest BCUT2D eigenvalue weighted by atomic mass is 10.00. The zero-order valence-corrected chi connectivity index (χ0v) is 11.7. The molecule has 0 saturated heterocycles. The largest absolute Gasteiger partial charge is 0.313 e. The maximum absolute atomic E-state index is 3.75. The van der Waals surface area contributed by atoms with Gasteiger partial charge in [-0.1, -0.05) is 62.1 Å². The highest BCUT2D eigenvalue weighted by atomic mass is 14.9. The van der Waals surface area contributed by atoms with Crippen LogP contribution in [0.2, 0.25) is 0 Å². The van der Waals surface area contributed by atoms with E-state index in [1.165, 1.54) is 50.5 Å². The summed E-state index contributed by atoms with van der Waals surface area (Å²) in [5.74, 6) is 0. The van der Waals surface area contributed by atoms with E-state index in [9.17, 15) is 0 Å². The van der Waals surface area contributed by atoms with Gasteiger partial charge >= 0.3 is 0 Å². The molecule has 0 bridgehead atoms. The van der Waals surface area contributed by atoms with Crippen LogP contribution in [0.1, 0.15) is 56.6 Å². The maximum Gasteiger partial charge on any atom is 0.0317 e. The standard InChI is InChI=1S/C17H27N/c1-3-4-5-6-7-8-12-15-17(18-2)16-13-10-9-11-14-16/h3,9-11,13-14,17-18H,1,4-8,12,15H2,2H3. The quantitative estimate of drug-likeness (QED) is 0.458. The van der Waals surface area contributed by atoms with Crippen molar-refractivity contribution < 1.29 is 0 Å².